The Balaban J connectivity index is 1.56. The van der Waals surface area contributed by atoms with Crippen LogP contribution in [0.15, 0.2) is 12.1 Å². The summed E-state index contributed by atoms with van der Waals surface area (Å²) in [5.41, 5.74) is 0.344. The number of carbonyl (C=O) groups is 1. The summed E-state index contributed by atoms with van der Waals surface area (Å²) < 4.78 is 16.8. The maximum absolute atomic E-state index is 11.9. The van der Waals surface area contributed by atoms with Gasteiger partial charge in [0.15, 0.2) is 11.5 Å². The van der Waals surface area contributed by atoms with E-state index in [0.29, 0.717) is 38.6 Å². The number of carboxylic acid groups (broad SMARTS) is 1. The summed E-state index contributed by atoms with van der Waals surface area (Å²) in [5.74, 6) is 1.67. The number of methoxy groups -OCH3 is 1. The van der Waals surface area contributed by atoms with Crippen molar-refractivity contribution in [2.75, 3.05) is 53.6 Å². The van der Waals surface area contributed by atoms with Crippen LogP contribution in [0.4, 0.5) is 0 Å². The molecule has 1 aromatic rings. The summed E-state index contributed by atoms with van der Waals surface area (Å²) in [6, 6.07) is 3.82. The number of likely N-dealkylation sites (tertiary alicyclic amines) is 2. The molecule has 3 aliphatic heterocycles. The Morgan fingerprint density at radius 1 is 1.28 bits per heavy atom. The number of hydrogen-bond donors (Lipinski definition) is 1. The topological polar surface area (TPSA) is 71.5 Å². The Morgan fingerprint density at radius 2 is 2.00 bits per heavy atom. The van der Waals surface area contributed by atoms with Gasteiger partial charge in [-0.05, 0) is 13.1 Å². The fourth-order valence-electron chi connectivity index (χ4n) is 4.51. The lowest BCUT2D eigenvalue weighted by Crippen LogP contribution is -2.40. The van der Waals surface area contributed by atoms with Crippen LogP contribution in [0.25, 0.3) is 0 Å². The minimum atomic E-state index is -0.682. The number of benzene rings is 1. The molecule has 0 radical (unpaired) electrons. The number of carboxylic acids is 1. The molecule has 0 aliphatic carbocycles. The monoisotopic (exact) mass is 348 g/mol. The summed E-state index contributed by atoms with van der Waals surface area (Å²) in [7, 11) is 3.64. The zero-order chi connectivity index (χ0) is 17.6. The first-order valence-corrected chi connectivity index (χ1v) is 8.62. The van der Waals surface area contributed by atoms with Crippen LogP contribution in [0.2, 0.25) is 0 Å². The van der Waals surface area contributed by atoms with E-state index >= 15 is 0 Å². The van der Waals surface area contributed by atoms with E-state index in [1.165, 1.54) is 0 Å². The molecule has 3 aliphatic rings. The van der Waals surface area contributed by atoms with Crippen LogP contribution in [0.3, 0.4) is 0 Å². The van der Waals surface area contributed by atoms with Gasteiger partial charge in [-0.2, -0.15) is 0 Å². The van der Waals surface area contributed by atoms with Crippen molar-refractivity contribution in [2.24, 2.45) is 11.3 Å². The van der Waals surface area contributed by atoms with Crippen LogP contribution < -0.4 is 14.2 Å². The number of fused-ring (bicyclic) bond motifs is 2. The van der Waals surface area contributed by atoms with Gasteiger partial charge in [0.2, 0.25) is 0 Å². The second-order valence-corrected chi connectivity index (χ2v) is 7.33. The van der Waals surface area contributed by atoms with Gasteiger partial charge in [-0.1, -0.05) is 0 Å². The van der Waals surface area contributed by atoms with Gasteiger partial charge in [-0.25, -0.2) is 0 Å². The van der Waals surface area contributed by atoms with E-state index in [-0.39, 0.29) is 5.92 Å². The van der Waals surface area contributed by atoms with Gasteiger partial charge in [0.1, 0.15) is 19.0 Å². The molecule has 0 amide bonds. The van der Waals surface area contributed by atoms with Crippen molar-refractivity contribution in [3.8, 4) is 17.2 Å². The summed E-state index contributed by atoms with van der Waals surface area (Å²) in [4.78, 5) is 16.3. The first-order chi connectivity index (χ1) is 12.0. The Morgan fingerprint density at radius 3 is 2.64 bits per heavy atom. The molecule has 0 unspecified atom stereocenters. The average molecular weight is 348 g/mol. The van der Waals surface area contributed by atoms with E-state index in [1.807, 2.05) is 19.2 Å². The normalized spacial score (nSPS) is 28.8. The summed E-state index contributed by atoms with van der Waals surface area (Å²) in [5, 5.41) is 9.82. The lowest BCUT2D eigenvalue weighted by molar-refractivity contribution is -0.148. The maximum atomic E-state index is 11.9. The summed E-state index contributed by atoms with van der Waals surface area (Å²) in [6.07, 6.45) is 0. The van der Waals surface area contributed by atoms with Gasteiger partial charge in [0, 0.05) is 50.3 Å². The van der Waals surface area contributed by atoms with Crippen LogP contribution in [-0.4, -0.2) is 74.4 Å². The Labute approximate surface area is 147 Å². The SMILES string of the molecule is COc1cc2c(cc1CN1C[C@@H]3CN(C)C[C@]3(C(=O)O)C1)OCCO2. The van der Waals surface area contributed by atoms with E-state index in [2.05, 4.69) is 9.80 Å². The third kappa shape index (κ3) is 2.71. The molecule has 0 spiro atoms. The lowest BCUT2D eigenvalue weighted by Gasteiger charge is -2.25. The minimum absolute atomic E-state index is 0.165. The molecule has 7 nitrogen and oxygen atoms in total. The number of nitrogens with zero attached hydrogens (tertiary/aromatic N) is 2. The number of aliphatic carboxylic acids is 1. The predicted octanol–water partition coefficient (Wildman–Crippen LogP) is 0.915. The van der Waals surface area contributed by atoms with E-state index in [4.69, 9.17) is 14.2 Å². The van der Waals surface area contributed by atoms with Crippen molar-refractivity contribution >= 4 is 5.97 Å². The number of hydrogen-bond acceptors (Lipinski definition) is 6. The molecule has 7 heteroatoms. The van der Waals surface area contributed by atoms with Crippen molar-refractivity contribution in [1.82, 2.24) is 9.80 Å². The van der Waals surface area contributed by atoms with E-state index in [0.717, 1.165) is 30.2 Å². The van der Waals surface area contributed by atoms with Gasteiger partial charge in [0.25, 0.3) is 0 Å². The molecule has 25 heavy (non-hydrogen) atoms. The first-order valence-electron chi connectivity index (χ1n) is 8.62. The van der Waals surface area contributed by atoms with Crippen molar-refractivity contribution < 1.29 is 24.1 Å². The zero-order valence-corrected chi connectivity index (χ0v) is 14.7. The standard InChI is InChI=1S/C18H24N2O5/c1-19-8-13-9-20(11-18(13,10-19)17(21)22)7-12-5-15-16(6-14(12)23-2)25-4-3-24-15/h5-6,13H,3-4,7-11H2,1-2H3,(H,21,22)/t13-,18-/m0/s1. The van der Waals surface area contributed by atoms with Crippen molar-refractivity contribution in [2.45, 2.75) is 6.54 Å². The first kappa shape index (κ1) is 16.5. The molecule has 2 fully saturated rings. The molecule has 3 heterocycles. The molecule has 1 aromatic carbocycles. The van der Waals surface area contributed by atoms with Crippen molar-refractivity contribution in [1.29, 1.82) is 0 Å². The van der Waals surface area contributed by atoms with Crippen molar-refractivity contribution in [3.05, 3.63) is 17.7 Å². The summed E-state index contributed by atoms with van der Waals surface area (Å²) >= 11 is 0. The maximum Gasteiger partial charge on any atom is 0.312 e. The highest BCUT2D eigenvalue weighted by molar-refractivity contribution is 5.77. The molecule has 0 saturated carbocycles. The average Bonchev–Trinajstić information content (AvgIpc) is 3.07. The minimum Gasteiger partial charge on any atom is -0.496 e. The van der Waals surface area contributed by atoms with Gasteiger partial charge in [0.05, 0.1) is 12.5 Å². The largest absolute Gasteiger partial charge is 0.496 e. The highest BCUT2D eigenvalue weighted by Crippen LogP contribution is 2.44. The fraction of sp³-hybridized carbons (Fsp3) is 0.611. The van der Waals surface area contributed by atoms with E-state index < -0.39 is 11.4 Å². The highest BCUT2D eigenvalue weighted by Gasteiger charge is 2.56. The van der Waals surface area contributed by atoms with Crippen LogP contribution in [0, 0.1) is 11.3 Å². The Kier molecular flexibility index (Phi) is 4.00. The molecular weight excluding hydrogens is 324 g/mol. The Hall–Kier alpha value is -1.99. The van der Waals surface area contributed by atoms with Gasteiger partial charge in [-0.15, -0.1) is 0 Å². The van der Waals surface area contributed by atoms with E-state index in [9.17, 15) is 9.90 Å². The van der Waals surface area contributed by atoms with Crippen molar-refractivity contribution in [3.63, 3.8) is 0 Å². The van der Waals surface area contributed by atoms with Crippen LogP contribution >= 0.6 is 0 Å². The van der Waals surface area contributed by atoms with Gasteiger partial charge in [-0.3, -0.25) is 9.69 Å². The molecule has 2 saturated heterocycles. The third-order valence-electron chi connectivity index (χ3n) is 5.62. The molecule has 0 aromatic heterocycles. The second-order valence-electron chi connectivity index (χ2n) is 7.33. The Bertz CT molecular complexity index is 694. The molecule has 136 valence electrons. The summed E-state index contributed by atoms with van der Waals surface area (Å²) in [6.45, 7) is 4.53. The van der Waals surface area contributed by atoms with Crippen LogP contribution in [0.1, 0.15) is 5.56 Å². The predicted molar refractivity (Wildman–Crippen MR) is 90.3 cm³/mol. The number of rotatable bonds is 4. The molecule has 2 atom stereocenters. The highest BCUT2D eigenvalue weighted by atomic mass is 16.6. The smallest absolute Gasteiger partial charge is 0.312 e. The van der Waals surface area contributed by atoms with E-state index in [1.54, 1.807) is 7.11 Å². The molecule has 4 rings (SSSR count). The fourth-order valence-corrected chi connectivity index (χ4v) is 4.51. The van der Waals surface area contributed by atoms with Crippen LogP contribution in [-0.2, 0) is 11.3 Å². The number of ether oxygens (including phenoxy) is 3. The third-order valence-corrected chi connectivity index (χ3v) is 5.62. The quantitative estimate of drug-likeness (QED) is 0.867. The second kappa shape index (κ2) is 6.07. The molecular formula is C18H24N2O5. The molecule has 0 bridgehead atoms. The zero-order valence-electron chi connectivity index (χ0n) is 14.7. The van der Waals surface area contributed by atoms with Crippen LogP contribution in [0.5, 0.6) is 17.2 Å². The molecule has 1 N–H and O–H groups in total. The lowest BCUT2D eigenvalue weighted by atomic mass is 9.81. The van der Waals surface area contributed by atoms with Gasteiger partial charge >= 0.3 is 5.97 Å². The van der Waals surface area contributed by atoms with Gasteiger partial charge < -0.3 is 24.2 Å².